The van der Waals surface area contributed by atoms with Crippen molar-refractivity contribution >= 4 is 39.8 Å². The van der Waals surface area contributed by atoms with Crippen molar-refractivity contribution in [2.24, 2.45) is 0 Å². The lowest BCUT2D eigenvalue weighted by Crippen LogP contribution is -2.51. The zero-order valence-electron chi connectivity index (χ0n) is 23.7. The molecule has 1 aliphatic rings. The van der Waals surface area contributed by atoms with E-state index in [9.17, 15) is 40.0 Å². The number of carbonyl (C=O) groups excluding carboxylic acids is 2. The Kier molecular flexibility index (Phi) is 12.1. The third kappa shape index (κ3) is 10.5. The number of rotatable bonds is 9. The van der Waals surface area contributed by atoms with Crippen molar-refractivity contribution < 1.29 is 44.7 Å². The number of anilines is 1. The van der Waals surface area contributed by atoms with Crippen LogP contribution in [-0.2, 0) is 27.3 Å². The molecule has 10 nitrogen and oxygen atoms in total. The lowest BCUT2D eigenvalue weighted by Gasteiger charge is -2.34. The summed E-state index contributed by atoms with van der Waals surface area (Å²) in [6.45, 7) is 2.16. The van der Waals surface area contributed by atoms with Crippen LogP contribution >= 0.6 is 11.6 Å². The third-order valence-electron chi connectivity index (χ3n) is 6.41. The van der Waals surface area contributed by atoms with Gasteiger partial charge in [0.05, 0.1) is 4.90 Å². The summed E-state index contributed by atoms with van der Waals surface area (Å²) >= 11 is 5.77. The fraction of sp³-hybridized carbons (Fsp3) is 0.321. The van der Waals surface area contributed by atoms with Crippen molar-refractivity contribution in [3.8, 4) is 5.75 Å². The first-order valence-corrected chi connectivity index (χ1v) is 15.1. The zero-order valence-corrected chi connectivity index (χ0v) is 25.3. The number of alkyl halides is 5. The van der Waals surface area contributed by atoms with Gasteiger partial charge in [0, 0.05) is 56.6 Å². The van der Waals surface area contributed by atoms with Crippen molar-refractivity contribution in [3.05, 3.63) is 83.1 Å². The number of halogens is 6. The lowest BCUT2D eigenvalue weighted by molar-refractivity contribution is -0.274. The molecular weight excluding hydrogens is 649 g/mol. The molecule has 1 aliphatic heterocycles. The number of aromatic nitrogens is 1. The van der Waals surface area contributed by atoms with E-state index >= 15 is 0 Å². The molecule has 3 amide bonds. The van der Waals surface area contributed by atoms with E-state index in [-0.39, 0.29) is 48.2 Å². The highest BCUT2D eigenvalue weighted by Crippen LogP contribution is 2.31. The summed E-state index contributed by atoms with van der Waals surface area (Å²) in [7, 11) is -3.92. The summed E-state index contributed by atoms with van der Waals surface area (Å²) < 4.78 is 93.4. The van der Waals surface area contributed by atoms with Gasteiger partial charge in [-0.25, -0.2) is 27.0 Å². The molecular formula is C28H29ClF5N5O5S. The van der Waals surface area contributed by atoms with Crippen LogP contribution in [0.4, 0.5) is 32.4 Å². The molecule has 0 saturated carbocycles. The maximum Gasteiger partial charge on any atom is 0.573 e. The number of hydrogen-bond donors (Lipinski definition) is 2. The van der Waals surface area contributed by atoms with Gasteiger partial charge in [0.25, 0.3) is 5.92 Å². The van der Waals surface area contributed by atoms with Crippen LogP contribution in [0.25, 0.3) is 0 Å². The van der Waals surface area contributed by atoms with E-state index in [1.54, 1.807) is 18.2 Å². The number of urea groups is 1. The summed E-state index contributed by atoms with van der Waals surface area (Å²) in [6.07, 6.45) is -3.06. The first-order chi connectivity index (χ1) is 21.1. The Morgan fingerprint density at radius 2 is 1.62 bits per heavy atom. The molecule has 3 aromatic rings. The predicted molar refractivity (Wildman–Crippen MR) is 155 cm³/mol. The van der Waals surface area contributed by atoms with Crippen molar-refractivity contribution in [1.82, 2.24) is 19.5 Å². The number of nitrogens with zero attached hydrogens (tertiary/aromatic N) is 3. The highest BCUT2D eigenvalue weighted by atomic mass is 35.5. The van der Waals surface area contributed by atoms with Crippen LogP contribution in [-0.4, -0.2) is 67.6 Å². The molecule has 0 radical (unpaired) electrons. The Bertz CT molecular complexity index is 1540. The number of piperazine rings is 1. The number of carbonyl (C=O) groups is 2. The molecule has 2 N–H and O–H groups in total. The summed E-state index contributed by atoms with van der Waals surface area (Å²) in [4.78, 5) is 27.4. The Hall–Kier alpha value is -4.02. The molecule has 45 heavy (non-hydrogen) atoms. The van der Waals surface area contributed by atoms with E-state index in [1.807, 2.05) is 0 Å². The summed E-state index contributed by atoms with van der Waals surface area (Å²) in [6, 6.07) is 12.6. The van der Waals surface area contributed by atoms with Gasteiger partial charge in [-0.2, -0.15) is 4.31 Å². The minimum atomic E-state index is -4.86. The van der Waals surface area contributed by atoms with Crippen LogP contribution in [0.2, 0.25) is 5.15 Å². The topological polar surface area (TPSA) is 121 Å². The van der Waals surface area contributed by atoms with Gasteiger partial charge in [-0.15, -0.1) is 13.2 Å². The van der Waals surface area contributed by atoms with E-state index in [1.165, 1.54) is 40.5 Å². The maximum absolute atomic E-state index is 13.2. The van der Waals surface area contributed by atoms with Crippen molar-refractivity contribution in [1.29, 1.82) is 0 Å². The minimum absolute atomic E-state index is 0.0138. The first-order valence-electron chi connectivity index (χ1n) is 13.3. The molecule has 1 fully saturated rings. The average Bonchev–Trinajstić information content (AvgIpc) is 3.00. The van der Waals surface area contributed by atoms with Gasteiger partial charge in [-0.3, -0.25) is 4.79 Å². The predicted octanol–water partition coefficient (Wildman–Crippen LogP) is 5.61. The molecule has 4 rings (SSSR count). The fourth-order valence-electron chi connectivity index (χ4n) is 4.01. The Morgan fingerprint density at radius 1 is 1.00 bits per heavy atom. The molecule has 0 spiro atoms. The maximum atomic E-state index is 13.2. The fourth-order valence-corrected chi connectivity index (χ4v) is 5.60. The number of nitrogens with one attached hydrogen (secondary N) is 2. The van der Waals surface area contributed by atoms with E-state index < -0.39 is 34.1 Å². The number of benzene rings is 2. The quantitative estimate of drug-likeness (QED) is 0.173. The summed E-state index contributed by atoms with van der Waals surface area (Å²) in [5.41, 5.74) is 1.27. The van der Waals surface area contributed by atoms with E-state index in [0.717, 1.165) is 29.8 Å². The normalized spacial score (nSPS) is 14.2. The Morgan fingerprint density at radius 3 is 2.16 bits per heavy atom. The van der Waals surface area contributed by atoms with Gasteiger partial charge in [0.1, 0.15) is 10.9 Å². The first kappa shape index (κ1) is 35.5. The molecule has 17 heteroatoms. The highest BCUT2D eigenvalue weighted by Gasteiger charge is 2.33. The Balaban J connectivity index is 0.000000309. The second-order valence-corrected chi connectivity index (χ2v) is 11.8. The molecule has 0 atom stereocenters. The number of pyridine rings is 1. The molecule has 0 bridgehead atoms. The van der Waals surface area contributed by atoms with Gasteiger partial charge >= 0.3 is 12.4 Å². The van der Waals surface area contributed by atoms with Crippen molar-refractivity contribution in [3.63, 3.8) is 0 Å². The summed E-state index contributed by atoms with van der Waals surface area (Å²) in [5, 5.41) is 5.34. The van der Waals surface area contributed by atoms with Gasteiger partial charge < -0.3 is 20.3 Å². The smallest absolute Gasteiger partial charge is 0.406 e. The molecule has 1 aromatic heterocycles. The van der Waals surface area contributed by atoms with Crippen LogP contribution in [0.15, 0.2) is 71.8 Å². The highest BCUT2D eigenvalue weighted by molar-refractivity contribution is 7.89. The third-order valence-corrected chi connectivity index (χ3v) is 8.53. The molecule has 2 heterocycles. The lowest BCUT2D eigenvalue weighted by atomic mass is 10.0. The largest absolute Gasteiger partial charge is 0.573 e. The van der Waals surface area contributed by atoms with Crippen molar-refractivity contribution in [2.45, 2.75) is 37.1 Å². The van der Waals surface area contributed by atoms with E-state index in [4.69, 9.17) is 11.6 Å². The molecule has 0 aliphatic carbocycles. The zero-order chi connectivity index (χ0) is 33.3. The van der Waals surface area contributed by atoms with Crippen LogP contribution in [0.3, 0.4) is 0 Å². The average molecular weight is 678 g/mol. The van der Waals surface area contributed by atoms with E-state index in [0.29, 0.717) is 18.6 Å². The number of hydrogen-bond acceptors (Lipinski definition) is 6. The standard InChI is InChI=1S/C17H16ClF3N4O4S.C11H13F2NO/c18-15-11-12(5-6-22-15)23-16(26)24-7-9-25(10-8-24)30(27,28)14-3-1-13(2-4-14)29-17(19,20)21;1-2-11(12,13)10-5-3-9(4-6-10)7-14-8-15/h1-6,11H,7-10H2,(H,22,23,26);3-6,8H,2,7H2,1H3,(H,14,15). The SMILES string of the molecule is CCC(F)(F)c1ccc(CNC=O)cc1.O=C(Nc1ccnc(Cl)c1)N1CCN(S(=O)(=O)c2ccc(OC(F)(F)F)cc2)CC1. The van der Waals surface area contributed by atoms with Crippen LogP contribution in [0.5, 0.6) is 5.75 Å². The Labute approximate surface area is 261 Å². The van der Waals surface area contributed by atoms with E-state index in [2.05, 4.69) is 20.4 Å². The van der Waals surface area contributed by atoms with Gasteiger partial charge in [0.2, 0.25) is 16.4 Å². The van der Waals surface area contributed by atoms with Gasteiger partial charge in [-0.1, -0.05) is 42.8 Å². The second kappa shape index (κ2) is 15.3. The van der Waals surface area contributed by atoms with Crippen LogP contribution < -0.4 is 15.4 Å². The van der Waals surface area contributed by atoms with Crippen molar-refractivity contribution in [2.75, 3.05) is 31.5 Å². The second-order valence-electron chi connectivity index (χ2n) is 9.46. The number of ether oxygens (including phenoxy) is 1. The van der Waals surface area contributed by atoms with Gasteiger partial charge in [0.15, 0.2) is 0 Å². The molecule has 244 valence electrons. The molecule has 0 unspecified atom stereocenters. The monoisotopic (exact) mass is 677 g/mol. The molecule has 2 aromatic carbocycles. The number of amides is 3. The van der Waals surface area contributed by atoms with Crippen LogP contribution in [0, 0.1) is 0 Å². The minimum Gasteiger partial charge on any atom is -0.406 e. The molecule has 1 saturated heterocycles. The summed E-state index contributed by atoms with van der Waals surface area (Å²) in [5.74, 6) is -3.28. The van der Waals surface area contributed by atoms with Gasteiger partial charge in [-0.05, 0) is 42.0 Å². The van der Waals surface area contributed by atoms with Crippen LogP contribution in [0.1, 0.15) is 24.5 Å². The number of sulfonamides is 1.